The summed E-state index contributed by atoms with van der Waals surface area (Å²) in [7, 11) is 0. The minimum absolute atomic E-state index is 0.191. The molecular formula is C23H27N3S. The molecule has 27 heavy (non-hydrogen) atoms. The molecule has 3 aromatic rings. The molecule has 1 fully saturated rings. The van der Waals surface area contributed by atoms with Crippen molar-refractivity contribution in [3.05, 3.63) is 82.6 Å². The smallest absolute Gasteiger partial charge is 0.0466 e. The molecule has 1 atom stereocenters. The Bertz CT molecular complexity index is 809. The maximum atomic E-state index is 4.78. The van der Waals surface area contributed by atoms with E-state index in [9.17, 15) is 0 Å². The summed E-state index contributed by atoms with van der Waals surface area (Å²) in [5.74, 6) is 0. The fourth-order valence-corrected chi connectivity index (χ4v) is 5.01. The number of rotatable bonds is 6. The van der Waals surface area contributed by atoms with E-state index in [1.54, 1.807) is 0 Å². The predicted molar refractivity (Wildman–Crippen MR) is 112 cm³/mol. The molecule has 0 bridgehead atoms. The summed E-state index contributed by atoms with van der Waals surface area (Å²) >= 11 is 1.87. The largest absolute Gasteiger partial charge is 0.296 e. The molecule has 4 heterocycles. The molecule has 0 amide bonds. The lowest BCUT2D eigenvalue weighted by atomic mass is 9.71. The van der Waals surface area contributed by atoms with Crippen LogP contribution in [0.2, 0.25) is 0 Å². The van der Waals surface area contributed by atoms with Crippen LogP contribution in [0.25, 0.3) is 0 Å². The molecule has 0 radical (unpaired) electrons. The Morgan fingerprint density at radius 3 is 2.63 bits per heavy atom. The van der Waals surface area contributed by atoms with Crippen LogP contribution in [0.3, 0.4) is 0 Å². The first kappa shape index (κ1) is 18.3. The third-order valence-corrected chi connectivity index (χ3v) is 7.04. The summed E-state index contributed by atoms with van der Waals surface area (Å²) < 4.78 is 0. The quantitative estimate of drug-likeness (QED) is 0.586. The molecule has 0 aromatic carbocycles. The van der Waals surface area contributed by atoms with Crippen LogP contribution in [0.4, 0.5) is 0 Å². The van der Waals surface area contributed by atoms with E-state index in [0.29, 0.717) is 6.04 Å². The highest BCUT2D eigenvalue weighted by molar-refractivity contribution is 7.09. The van der Waals surface area contributed by atoms with Crippen molar-refractivity contribution in [1.82, 2.24) is 14.9 Å². The number of thiophene rings is 1. The van der Waals surface area contributed by atoms with E-state index in [4.69, 9.17) is 4.98 Å². The van der Waals surface area contributed by atoms with Crippen molar-refractivity contribution in [2.75, 3.05) is 13.1 Å². The highest BCUT2D eigenvalue weighted by atomic mass is 32.1. The SMILES string of the molecule is CC(c1cccnc1)N1CCC(CCc2cccs2)(c2ccccn2)CC1. The summed E-state index contributed by atoms with van der Waals surface area (Å²) in [6.07, 6.45) is 10.5. The zero-order valence-electron chi connectivity index (χ0n) is 15.9. The Morgan fingerprint density at radius 1 is 1.07 bits per heavy atom. The normalized spacial score (nSPS) is 18.3. The molecule has 3 aromatic heterocycles. The van der Waals surface area contributed by atoms with Gasteiger partial charge in [0.25, 0.3) is 0 Å². The number of pyridine rings is 2. The second-order valence-corrected chi connectivity index (χ2v) is 8.61. The van der Waals surface area contributed by atoms with Crippen molar-refractivity contribution in [1.29, 1.82) is 0 Å². The van der Waals surface area contributed by atoms with E-state index >= 15 is 0 Å². The molecule has 1 aliphatic heterocycles. The fraction of sp³-hybridized carbons (Fsp3) is 0.391. The van der Waals surface area contributed by atoms with Gasteiger partial charge in [0.15, 0.2) is 0 Å². The van der Waals surface area contributed by atoms with Crippen LogP contribution < -0.4 is 0 Å². The highest BCUT2D eigenvalue weighted by Gasteiger charge is 2.38. The van der Waals surface area contributed by atoms with Crippen LogP contribution in [0.15, 0.2) is 66.4 Å². The second kappa shape index (κ2) is 8.32. The van der Waals surface area contributed by atoms with E-state index in [1.165, 1.54) is 35.4 Å². The summed E-state index contributed by atoms with van der Waals surface area (Å²) in [4.78, 5) is 13.2. The van der Waals surface area contributed by atoms with E-state index in [0.717, 1.165) is 19.5 Å². The Hall–Kier alpha value is -2.04. The van der Waals surface area contributed by atoms with Gasteiger partial charge in [-0.05, 0) is 80.9 Å². The molecule has 0 saturated carbocycles. The summed E-state index contributed by atoms with van der Waals surface area (Å²) in [5.41, 5.74) is 2.77. The highest BCUT2D eigenvalue weighted by Crippen LogP contribution is 2.40. The molecule has 4 heteroatoms. The number of likely N-dealkylation sites (tertiary alicyclic amines) is 1. The van der Waals surface area contributed by atoms with Crippen LogP contribution in [-0.2, 0) is 11.8 Å². The minimum Gasteiger partial charge on any atom is -0.296 e. The minimum atomic E-state index is 0.191. The number of nitrogens with zero attached hydrogens (tertiary/aromatic N) is 3. The van der Waals surface area contributed by atoms with Gasteiger partial charge in [-0.1, -0.05) is 18.2 Å². The van der Waals surface area contributed by atoms with Crippen LogP contribution in [0.1, 0.15) is 48.4 Å². The molecule has 140 valence electrons. The first-order valence-corrected chi connectivity index (χ1v) is 10.7. The van der Waals surface area contributed by atoms with E-state index < -0.39 is 0 Å². The number of hydrogen-bond acceptors (Lipinski definition) is 4. The molecule has 0 aliphatic carbocycles. The number of aryl methyl sites for hydroxylation is 1. The average molecular weight is 378 g/mol. The van der Waals surface area contributed by atoms with Gasteiger partial charge in [-0.3, -0.25) is 14.9 Å². The zero-order valence-corrected chi connectivity index (χ0v) is 16.7. The van der Waals surface area contributed by atoms with Gasteiger partial charge < -0.3 is 0 Å². The van der Waals surface area contributed by atoms with Crippen LogP contribution in [0, 0.1) is 0 Å². The van der Waals surface area contributed by atoms with Crippen LogP contribution >= 0.6 is 11.3 Å². The first-order chi connectivity index (χ1) is 13.3. The molecule has 1 unspecified atom stereocenters. The molecule has 0 N–H and O–H groups in total. The van der Waals surface area contributed by atoms with Gasteiger partial charge in [-0.15, -0.1) is 11.3 Å². The Kier molecular flexibility index (Phi) is 5.65. The van der Waals surface area contributed by atoms with E-state index in [2.05, 4.69) is 52.5 Å². The topological polar surface area (TPSA) is 29.0 Å². The van der Waals surface area contributed by atoms with Gasteiger partial charge in [0.2, 0.25) is 0 Å². The van der Waals surface area contributed by atoms with Gasteiger partial charge in [-0.25, -0.2) is 0 Å². The van der Waals surface area contributed by atoms with Crippen LogP contribution in [-0.4, -0.2) is 28.0 Å². The zero-order chi connectivity index (χ0) is 18.5. The summed E-state index contributed by atoms with van der Waals surface area (Å²) in [6.45, 7) is 4.52. The van der Waals surface area contributed by atoms with Crippen molar-refractivity contribution in [2.45, 2.75) is 44.1 Å². The molecule has 1 aliphatic rings. The molecule has 3 nitrogen and oxygen atoms in total. The van der Waals surface area contributed by atoms with E-state index in [-0.39, 0.29) is 5.41 Å². The second-order valence-electron chi connectivity index (χ2n) is 7.57. The molecular weight excluding hydrogens is 350 g/mol. The van der Waals surface area contributed by atoms with Crippen molar-refractivity contribution < 1.29 is 0 Å². The molecule has 4 rings (SSSR count). The summed E-state index contributed by atoms with van der Waals surface area (Å²) in [5, 5.41) is 2.18. The lowest BCUT2D eigenvalue weighted by Gasteiger charge is -2.43. The van der Waals surface area contributed by atoms with Crippen LogP contribution in [0.5, 0.6) is 0 Å². The van der Waals surface area contributed by atoms with Crippen molar-refractivity contribution in [3.8, 4) is 0 Å². The van der Waals surface area contributed by atoms with Gasteiger partial charge in [0, 0.05) is 40.6 Å². The lowest BCUT2D eigenvalue weighted by Crippen LogP contribution is -2.44. The Balaban J connectivity index is 1.50. The van der Waals surface area contributed by atoms with E-state index in [1.807, 2.05) is 42.1 Å². The third-order valence-electron chi connectivity index (χ3n) is 6.11. The van der Waals surface area contributed by atoms with Gasteiger partial charge in [0.05, 0.1) is 0 Å². The first-order valence-electron chi connectivity index (χ1n) is 9.85. The fourth-order valence-electron chi connectivity index (χ4n) is 4.30. The third kappa shape index (κ3) is 4.12. The van der Waals surface area contributed by atoms with Gasteiger partial charge in [-0.2, -0.15) is 0 Å². The number of piperidine rings is 1. The Labute approximate surface area is 166 Å². The summed E-state index contributed by atoms with van der Waals surface area (Å²) in [6, 6.07) is 15.5. The maximum absolute atomic E-state index is 4.78. The Morgan fingerprint density at radius 2 is 1.96 bits per heavy atom. The monoisotopic (exact) mass is 377 g/mol. The van der Waals surface area contributed by atoms with Crippen molar-refractivity contribution in [2.24, 2.45) is 0 Å². The average Bonchev–Trinajstić information content (AvgIpc) is 3.27. The van der Waals surface area contributed by atoms with Crippen molar-refractivity contribution in [3.63, 3.8) is 0 Å². The standard InChI is InChI=1S/C23H27N3S/c1-19(20-6-4-13-24-18-20)26-15-11-23(12-16-26,22-8-2-3-14-25-22)10-9-21-7-5-17-27-21/h2-8,13-14,17-19H,9-12,15-16H2,1H3. The molecule has 0 spiro atoms. The lowest BCUT2D eigenvalue weighted by molar-refractivity contribution is 0.114. The van der Waals surface area contributed by atoms with Gasteiger partial charge >= 0.3 is 0 Å². The number of hydrogen-bond donors (Lipinski definition) is 0. The maximum Gasteiger partial charge on any atom is 0.0466 e. The predicted octanol–water partition coefficient (Wildman–Crippen LogP) is 5.27. The number of aromatic nitrogens is 2. The van der Waals surface area contributed by atoms with Crippen molar-refractivity contribution >= 4 is 11.3 Å². The van der Waals surface area contributed by atoms with Gasteiger partial charge in [0.1, 0.15) is 0 Å². The molecule has 1 saturated heterocycles.